The lowest BCUT2D eigenvalue weighted by molar-refractivity contribution is 0.0580. The molecule has 10 aromatic rings. The van der Waals surface area contributed by atoms with E-state index in [0.29, 0.717) is 51.2 Å². The van der Waals surface area contributed by atoms with Gasteiger partial charge in [-0.15, -0.1) is 37.9 Å². The maximum atomic E-state index is 11.8. The van der Waals surface area contributed by atoms with Crippen molar-refractivity contribution in [2.45, 2.75) is 26.4 Å². The van der Waals surface area contributed by atoms with Crippen LogP contribution >= 0.6 is 44.3 Å². The first-order valence-electron chi connectivity index (χ1n) is 26.4. The summed E-state index contributed by atoms with van der Waals surface area (Å²) in [5.41, 5.74) is 10.6. The molecule has 0 spiro atoms. The molecule has 37 nitrogen and oxygen atoms in total. The number of hydrogen-bond donors (Lipinski definition) is 5. The van der Waals surface area contributed by atoms with E-state index in [1.54, 1.807) is 96.8 Å². The number of nitrogens with zero attached hydrogens (tertiary/aromatic N) is 20. The second-order valence-corrected chi connectivity index (χ2v) is 23.3. The predicted octanol–water partition coefficient (Wildman–Crippen LogP) is 5.39. The van der Waals surface area contributed by atoms with E-state index >= 15 is 0 Å². The van der Waals surface area contributed by atoms with Crippen molar-refractivity contribution in [3.05, 3.63) is 129 Å². The first kappa shape index (κ1) is 74.6. The van der Waals surface area contributed by atoms with Gasteiger partial charge < -0.3 is 34.9 Å². The van der Waals surface area contributed by atoms with E-state index in [0.717, 1.165) is 19.9 Å². The minimum absolute atomic E-state index is 0. The van der Waals surface area contributed by atoms with Gasteiger partial charge in [0.15, 0.2) is 28.5 Å². The summed E-state index contributed by atoms with van der Waals surface area (Å²) < 4.78 is 51.6. The van der Waals surface area contributed by atoms with E-state index in [1.165, 1.54) is 84.9 Å². The van der Waals surface area contributed by atoms with Gasteiger partial charge in [0.2, 0.25) is 10.0 Å². The minimum Gasteiger partial charge on any atom is -0.476 e. The Morgan fingerprint density at radius 2 is 0.768 bits per heavy atom. The van der Waals surface area contributed by atoms with Gasteiger partial charge in [-0.1, -0.05) is 26.1 Å². The lowest BCUT2D eigenvalue weighted by Crippen LogP contribution is -2.27. The van der Waals surface area contributed by atoms with E-state index in [-0.39, 0.29) is 63.6 Å². The van der Waals surface area contributed by atoms with Crippen LogP contribution in [0.2, 0.25) is 0 Å². The Hall–Kier alpha value is -11.1. The molecule has 1 amide bonds. The number of aromatic carboxylic acids is 2. The highest BCUT2D eigenvalue weighted by Crippen LogP contribution is 2.26. The number of nitrogens with two attached hydrogens (primary N) is 1. The number of esters is 3. The average Bonchev–Trinajstić information content (AvgIpc) is 1.75. The number of carbonyl (C=O) groups is 6. The van der Waals surface area contributed by atoms with Gasteiger partial charge in [0.25, 0.3) is 0 Å². The van der Waals surface area contributed by atoms with Crippen molar-refractivity contribution in [3.8, 4) is 56.9 Å². The Morgan fingerprint density at radius 3 is 1.03 bits per heavy atom. The maximum absolute atomic E-state index is 11.8. The standard InChI is InChI=1S/C15H19N5O4.C10H9BrN4O2.C10H11N5O4S.C10H11N5O2.C9H7BrN4O2.ClH/c1-15(2,3)24-14(22)17-9-6-7-10(16-8-9)11-12(13(21)23-5)20(4)19-18-11;1-15-9(10(16)17-2)8(13-14-15)7-4-3-6(11)5-12-7;1-15-9(10(16)17)8(12-14-15)7-4-3-6(5-11-7)13-20(2,18)19;1-15-9(10(16)17-2)8(13-14-15)7-4-3-6(11)5-12-7;1-14-8(9(15)16)7(12-13-14)6-3-2-5(10)4-11-6;/h6-8H,1-5H3,(H,17,22);3-5H,1-2H3;3-5,13H,1-2H3,(H,16,17);3-5H,11H2,1-2H3;2-4H,1H3,(H,15,16);1H. The molecular weight excluding hydrogens is 1420 g/mol. The van der Waals surface area contributed by atoms with Crippen molar-refractivity contribution in [1.29, 1.82) is 0 Å². The number of nitrogens with one attached hydrogen (secondary N) is 2. The second kappa shape index (κ2) is 32.9. The highest BCUT2D eigenvalue weighted by molar-refractivity contribution is 9.10. The lowest BCUT2D eigenvalue weighted by Gasteiger charge is -2.19. The number of anilines is 3. The number of hydrogen-bond acceptors (Lipinski definition) is 28. The smallest absolute Gasteiger partial charge is 0.412 e. The molecule has 0 bridgehead atoms. The van der Waals surface area contributed by atoms with E-state index in [1.807, 2.05) is 6.07 Å². The van der Waals surface area contributed by atoms with Crippen LogP contribution in [0.3, 0.4) is 0 Å². The van der Waals surface area contributed by atoms with Gasteiger partial charge in [-0.2, -0.15) is 0 Å². The summed E-state index contributed by atoms with van der Waals surface area (Å²) in [6.07, 6.45) is 7.86. The van der Waals surface area contributed by atoms with Crippen LogP contribution in [0.15, 0.2) is 101 Å². The van der Waals surface area contributed by atoms with Crippen molar-refractivity contribution in [2.24, 2.45) is 35.2 Å². The van der Waals surface area contributed by atoms with Crippen LogP contribution in [0.1, 0.15) is 73.2 Å². The topological polar surface area (TPSA) is 482 Å². The molecule has 0 fully saturated rings. The number of aryl methyl sites for hydroxylation is 5. The fraction of sp³-hybridized carbons (Fsp3) is 0.241. The molecule has 0 aliphatic carbocycles. The van der Waals surface area contributed by atoms with Crippen molar-refractivity contribution in [3.63, 3.8) is 0 Å². The number of nitrogen functional groups attached to an aromatic ring is 1. The van der Waals surface area contributed by atoms with Crippen molar-refractivity contribution in [2.75, 3.05) is 43.4 Å². The molecule has 500 valence electrons. The molecule has 0 atom stereocenters. The van der Waals surface area contributed by atoms with Crippen LogP contribution in [-0.2, 0) is 64.2 Å². The van der Waals surface area contributed by atoms with E-state index < -0.39 is 51.6 Å². The Kier molecular flexibility index (Phi) is 25.9. The van der Waals surface area contributed by atoms with Crippen LogP contribution in [-0.4, -0.2) is 188 Å². The third-order valence-corrected chi connectivity index (χ3v) is 13.1. The number of sulfonamides is 1. The molecule has 10 heterocycles. The Morgan fingerprint density at radius 1 is 0.474 bits per heavy atom. The summed E-state index contributed by atoms with van der Waals surface area (Å²) in [6, 6.07) is 16.5. The third-order valence-electron chi connectivity index (χ3n) is 11.6. The summed E-state index contributed by atoms with van der Waals surface area (Å²) in [4.78, 5) is 89.3. The van der Waals surface area contributed by atoms with Crippen LogP contribution < -0.4 is 15.8 Å². The Balaban J connectivity index is 0.000000216. The molecule has 95 heavy (non-hydrogen) atoms. The number of rotatable bonds is 13. The van der Waals surface area contributed by atoms with E-state index in [4.69, 9.17) is 25.4 Å². The zero-order chi connectivity index (χ0) is 69.4. The molecule has 0 aromatic carbocycles. The fourth-order valence-corrected chi connectivity index (χ4v) is 8.54. The SMILES string of the molecule is COC(=O)c1c(-c2ccc(Br)cn2)nnn1C.COC(=O)c1c(-c2ccc(N)cn2)nnn1C.COC(=O)c1c(-c2ccc(NC(=O)OC(C)(C)C)cn2)nnn1C.Cl.Cn1nnc(-c2ccc(Br)cn2)c1C(=O)O.Cn1nnc(-c2ccc(NS(C)(=O)=O)cn2)c1C(=O)O. The largest absolute Gasteiger partial charge is 0.476 e. The maximum Gasteiger partial charge on any atom is 0.412 e. The monoisotopic (exact) mass is 1480 g/mol. The first-order valence-corrected chi connectivity index (χ1v) is 29.9. The number of pyridine rings is 5. The number of halogens is 3. The second-order valence-electron chi connectivity index (χ2n) is 19.7. The van der Waals surface area contributed by atoms with Gasteiger partial charge in [0, 0.05) is 56.6 Å². The van der Waals surface area contributed by atoms with Crippen molar-refractivity contribution in [1.82, 2.24) is 99.9 Å². The fourth-order valence-electron chi connectivity index (χ4n) is 7.52. The predicted molar refractivity (Wildman–Crippen MR) is 344 cm³/mol. The Labute approximate surface area is 561 Å². The summed E-state index contributed by atoms with van der Waals surface area (Å²) in [7, 11) is 8.31. The zero-order valence-electron chi connectivity index (χ0n) is 52.0. The number of aromatic nitrogens is 20. The molecular formula is C54H58Br2ClN23O14S. The molecule has 0 aliphatic heterocycles. The number of carboxylic acids is 2. The third kappa shape index (κ3) is 20.2. The van der Waals surface area contributed by atoms with Crippen LogP contribution in [0.25, 0.3) is 56.9 Å². The summed E-state index contributed by atoms with van der Waals surface area (Å²) in [6.45, 7) is 5.32. The molecule has 10 aromatic heterocycles. The van der Waals surface area contributed by atoms with Gasteiger partial charge in [-0.25, -0.2) is 60.6 Å². The summed E-state index contributed by atoms with van der Waals surface area (Å²) in [5, 5.41) is 58.6. The highest BCUT2D eigenvalue weighted by Gasteiger charge is 2.26. The highest BCUT2D eigenvalue weighted by atomic mass is 79.9. The summed E-state index contributed by atoms with van der Waals surface area (Å²) >= 11 is 6.54. The molecule has 0 radical (unpaired) electrons. The van der Waals surface area contributed by atoms with Crippen LogP contribution in [0.4, 0.5) is 21.9 Å². The lowest BCUT2D eigenvalue weighted by atomic mass is 10.2. The number of carbonyl (C=O) groups excluding carboxylic acids is 4. The normalized spacial score (nSPS) is 10.6. The minimum atomic E-state index is -3.39. The summed E-state index contributed by atoms with van der Waals surface area (Å²) in [5.74, 6) is -3.81. The van der Waals surface area contributed by atoms with Gasteiger partial charge >= 0.3 is 35.9 Å². The van der Waals surface area contributed by atoms with E-state index in [2.05, 4.69) is 128 Å². The molecule has 0 saturated heterocycles. The quantitative estimate of drug-likeness (QED) is 0.0713. The Bertz CT molecular complexity index is 4340. The molecule has 0 saturated carbocycles. The van der Waals surface area contributed by atoms with Crippen LogP contribution in [0, 0.1) is 0 Å². The molecule has 0 aliphatic rings. The number of carboxylic acid groups (broad SMARTS) is 2. The molecule has 6 N–H and O–H groups in total. The van der Waals surface area contributed by atoms with Gasteiger partial charge in [-0.05, 0) is 113 Å². The van der Waals surface area contributed by atoms with Gasteiger partial charge in [-0.3, -0.25) is 35.0 Å². The van der Waals surface area contributed by atoms with Gasteiger partial charge in [0.1, 0.15) is 34.1 Å². The number of methoxy groups -OCH3 is 3. The first-order chi connectivity index (χ1) is 44.3. The average molecular weight is 1480 g/mol. The van der Waals surface area contributed by atoms with E-state index in [9.17, 15) is 37.2 Å². The number of amides is 1. The molecule has 0 unspecified atom stereocenters. The van der Waals surface area contributed by atoms with Gasteiger partial charge in [0.05, 0.1) is 91.7 Å². The van der Waals surface area contributed by atoms with Crippen LogP contribution in [0.5, 0.6) is 0 Å². The molecule has 10 rings (SSSR count). The number of ether oxygens (including phenoxy) is 4. The van der Waals surface area contributed by atoms with Crippen molar-refractivity contribution < 1.29 is 66.3 Å². The van der Waals surface area contributed by atoms with Crippen molar-refractivity contribution >= 4 is 107 Å². The molecule has 41 heteroatoms. The zero-order valence-corrected chi connectivity index (χ0v) is 56.9.